The number of rotatable bonds is 4. The lowest BCUT2D eigenvalue weighted by Crippen LogP contribution is -2.29. The Balaban J connectivity index is 1.86. The van der Waals surface area contributed by atoms with Crippen molar-refractivity contribution in [2.45, 2.75) is 4.90 Å². The second-order valence-corrected chi connectivity index (χ2v) is 7.39. The zero-order chi connectivity index (χ0) is 18.7. The minimum absolute atomic E-state index is 0.0838. The van der Waals surface area contributed by atoms with Crippen LogP contribution in [0.4, 0.5) is 4.39 Å². The van der Waals surface area contributed by atoms with Gasteiger partial charge in [-0.25, -0.2) is 17.5 Å². The molecule has 5 nitrogen and oxygen atoms in total. The quantitative estimate of drug-likeness (QED) is 0.691. The van der Waals surface area contributed by atoms with Crippen LogP contribution in [0.25, 0.3) is 17.0 Å². The third kappa shape index (κ3) is 3.89. The lowest BCUT2D eigenvalue weighted by atomic mass is 10.2. The Morgan fingerprint density at radius 3 is 2.58 bits per heavy atom. The number of halogens is 2. The molecule has 3 aromatic rings. The molecule has 1 aromatic heterocycles. The van der Waals surface area contributed by atoms with E-state index in [1.54, 1.807) is 24.3 Å². The molecule has 0 spiro atoms. The van der Waals surface area contributed by atoms with Gasteiger partial charge >= 0.3 is 0 Å². The van der Waals surface area contributed by atoms with Gasteiger partial charge in [0.1, 0.15) is 11.3 Å². The molecular weight excluding hydrogens is 379 g/mol. The molecule has 0 saturated carbocycles. The normalized spacial score (nSPS) is 11.8. The number of sulfonamides is 1. The number of carbonyl (C=O) groups is 1. The van der Waals surface area contributed by atoms with Gasteiger partial charge in [-0.3, -0.25) is 9.78 Å². The van der Waals surface area contributed by atoms with Crippen molar-refractivity contribution in [3.63, 3.8) is 0 Å². The van der Waals surface area contributed by atoms with Crippen LogP contribution in [0.3, 0.4) is 0 Å². The predicted molar refractivity (Wildman–Crippen MR) is 97.5 cm³/mol. The molecule has 0 fully saturated rings. The van der Waals surface area contributed by atoms with Crippen molar-refractivity contribution in [2.75, 3.05) is 0 Å². The van der Waals surface area contributed by atoms with Crippen molar-refractivity contribution in [2.24, 2.45) is 0 Å². The molecule has 0 unspecified atom stereocenters. The molecule has 8 heteroatoms. The number of carbonyl (C=O) groups excluding carboxylic acids is 1. The van der Waals surface area contributed by atoms with Gasteiger partial charge in [-0.05, 0) is 48.0 Å². The molecule has 0 radical (unpaired) electrons. The summed E-state index contributed by atoms with van der Waals surface area (Å²) in [5.41, 5.74) is 0.595. The number of hydrogen-bond acceptors (Lipinski definition) is 4. The Morgan fingerprint density at radius 1 is 1.12 bits per heavy atom. The average molecular weight is 391 g/mol. The minimum Gasteiger partial charge on any atom is -0.269 e. The van der Waals surface area contributed by atoms with E-state index in [0.717, 1.165) is 18.2 Å². The third-order valence-corrected chi connectivity index (χ3v) is 5.16. The molecule has 1 heterocycles. The van der Waals surface area contributed by atoms with Crippen LogP contribution in [0, 0.1) is 5.82 Å². The van der Waals surface area contributed by atoms with Gasteiger partial charge in [-0.1, -0.05) is 23.7 Å². The fourth-order valence-corrected chi connectivity index (χ4v) is 3.58. The highest BCUT2D eigenvalue weighted by Crippen LogP contribution is 2.23. The highest BCUT2D eigenvalue weighted by Gasteiger charge is 2.20. The predicted octanol–water partition coefficient (Wildman–Crippen LogP) is 3.55. The van der Waals surface area contributed by atoms with E-state index < -0.39 is 21.7 Å². The van der Waals surface area contributed by atoms with E-state index in [0.29, 0.717) is 10.6 Å². The van der Waals surface area contributed by atoms with Crippen molar-refractivity contribution in [1.82, 2.24) is 9.71 Å². The van der Waals surface area contributed by atoms with Crippen LogP contribution in [-0.4, -0.2) is 19.3 Å². The number of nitrogens with zero attached hydrogens (tertiary/aromatic N) is 1. The monoisotopic (exact) mass is 390 g/mol. The lowest BCUT2D eigenvalue weighted by Gasteiger charge is -2.08. The van der Waals surface area contributed by atoms with Crippen LogP contribution in [-0.2, 0) is 14.8 Å². The number of nitrogens with one attached hydrogen (secondary N) is 1. The van der Waals surface area contributed by atoms with Gasteiger partial charge < -0.3 is 0 Å². The van der Waals surface area contributed by atoms with Crippen LogP contribution in [0.2, 0.25) is 5.02 Å². The smallest absolute Gasteiger partial charge is 0.264 e. The van der Waals surface area contributed by atoms with Gasteiger partial charge in [0.2, 0.25) is 0 Å². The van der Waals surface area contributed by atoms with E-state index in [1.165, 1.54) is 24.4 Å². The van der Waals surface area contributed by atoms with Crippen LogP contribution >= 0.6 is 11.6 Å². The number of benzene rings is 2. The SMILES string of the molecule is O=C(C=Cc1ccc(Cl)cc1)NS(=O)(=O)c1ccc(F)c2ncccc12. The Kier molecular flexibility index (Phi) is 5.01. The van der Waals surface area contributed by atoms with Gasteiger partial charge in [0, 0.05) is 22.7 Å². The summed E-state index contributed by atoms with van der Waals surface area (Å²) in [4.78, 5) is 15.6. The van der Waals surface area contributed by atoms with E-state index in [1.807, 2.05) is 4.72 Å². The summed E-state index contributed by atoms with van der Waals surface area (Å²) < 4.78 is 40.7. The first-order chi connectivity index (χ1) is 12.4. The maximum atomic E-state index is 13.8. The van der Waals surface area contributed by atoms with Gasteiger partial charge in [0.05, 0.1) is 4.90 Å². The first-order valence-electron chi connectivity index (χ1n) is 7.40. The second-order valence-electron chi connectivity index (χ2n) is 5.30. The maximum absolute atomic E-state index is 13.8. The van der Waals surface area contributed by atoms with Crippen molar-refractivity contribution in [3.05, 3.63) is 77.2 Å². The molecule has 0 bridgehead atoms. The van der Waals surface area contributed by atoms with Crippen molar-refractivity contribution >= 4 is 44.5 Å². The molecule has 0 aliphatic carbocycles. The first kappa shape index (κ1) is 18.0. The summed E-state index contributed by atoms with van der Waals surface area (Å²) in [5, 5.41) is 0.639. The zero-order valence-corrected chi connectivity index (χ0v) is 14.8. The van der Waals surface area contributed by atoms with Crippen molar-refractivity contribution in [3.8, 4) is 0 Å². The molecule has 26 heavy (non-hydrogen) atoms. The van der Waals surface area contributed by atoms with E-state index >= 15 is 0 Å². The maximum Gasteiger partial charge on any atom is 0.264 e. The Bertz CT molecular complexity index is 1110. The number of aromatic nitrogens is 1. The fraction of sp³-hybridized carbons (Fsp3) is 0. The van der Waals surface area contributed by atoms with Crippen molar-refractivity contribution < 1.29 is 17.6 Å². The molecule has 2 aromatic carbocycles. The lowest BCUT2D eigenvalue weighted by molar-refractivity contribution is -0.114. The fourth-order valence-electron chi connectivity index (χ4n) is 2.31. The van der Waals surface area contributed by atoms with Crippen molar-refractivity contribution in [1.29, 1.82) is 0 Å². The molecular formula is C18H12ClFN2O3S. The van der Waals surface area contributed by atoms with Crippen LogP contribution in [0.1, 0.15) is 5.56 Å². The summed E-state index contributed by atoms with van der Waals surface area (Å²) in [6.07, 6.45) is 3.89. The number of hydrogen-bond donors (Lipinski definition) is 1. The molecule has 0 aliphatic heterocycles. The van der Waals surface area contributed by atoms with Gasteiger partial charge in [-0.15, -0.1) is 0 Å². The molecule has 132 valence electrons. The third-order valence-electron chi connectivity index (χ3n) is 3.50. The van der Waals surface area contributed by atoms with Gasteiger partial charge in [0.15, 0.2) is 0 Å². The van der Waals surface area contributed by atoms with E-state index in [-0.39, 0.29) is 15.8 Å². The summed E-state index contributed by atoms with van der Waals surface area (Å²) in [6, 6.07) is 11.7. The molecule has 1 amide bonds. The average Bonchev–Trinajstić information content (AvgIpc) is 2.61. The Labute approximate surface area is 154 Å². The summed E-state index contributed by atoms with van der Waals surface area (Å²) in [5.74, 6) is -1.48. The highest BCUT2D eigenvalue weighted by molar-refractivity contribution is 7.90. The van der Waals surface area contributed by atoms with Gasteiger partial charge in [-0.2, -0.15) is 0 Å². The van der Waals surface area contributed by atoms with E-state index in [2.05, 4.69) is 4.98 Å². The molecule has 0 saturated heterocycles. The summed E-state index contributed by atoms with van der Waals surface area (Å²) in [7, 11) is -4.19. The topological polar surface area (TPSA) is 76.1 Å². The van der Waals surface area contributed by atoms with E-state index in [9.17, 15) is 17.6 Å². The Morgan fingerprint density at radius 2 is 1.85 bits per heavy atom. The molecule has 0 aliphatic rings. The second kappa shape index (κ2) is 7.23. The number of pyridine rings is 1. The first-order valence-corrected chi connectivity index (χ1v) is 9.26. The van der Waals surface area contributed by atoms with E-state index in [4.69, 9.17) is 11.6 Å². The molecule has 3 rings (SSSR count). The van der Waals surface area contributed by atoms with Gasteiger partial charge in [0.25, 0.3) is 15.9 Å². The highest BCUT2D eigenvalue weighted by atomic mass is 35.5. The van der Waals surface area contributed by atoms with Crippen LogP contribution in [0.15, 0.2) is 65.7 Å². The zero-order valence-electron chi connectivity index (χ0n) is 13.2. The number of fused-ring (bicyclic) bond motifs is 1. The summed E-state index contributed by atoms with van der Waals surface area (Å²) in [6.45, 7) is 0. The van der Waals surface area contributed by atoms with Crippen LogP contribution in [0.5, 0.6) is 0 Å². The number of amides is 1. The Hall–Kier alpha value is -2.77. The minimum atomic E-state index is -4.19. The standard InChI is InChI=1S/C18H12ClFN2O3S/c19-13-6-3-12(4-7-13)5-10-17(23)22-26(24,25)16-9-8-15(20)18-14(16)2-1-11-21-18/h1-11H,(H,22,23). The summed E-state index contributed by atoms with van der Waals surface area (Å²) >= 11 is 5.77. The molecule has 1 N–H and O–H groups in total. The largest absolute Gasteiger partial charge is 0.269 e. The van der Waals surface area contributed by atoms with Crippen LogP contribution < -0.4 is 4.72 Å². The molecule has 0 atom stereocenters.